The summed E-state index contributed by atoms with van der Waals surface area (Å²) in [6, 6.07) is 10.2. The lowest BCUT2D eigenvalue weighted by molar-refractivity contribution is -0.136. The van der Waals surface area contributed by atoms with Crippen LogP contribution in [0.5, 0.6) is 0 Å². The van der Waals surface area contributed by atoms with Gasteiger partial charge in [0, 0.05) is 13.7 Å². The lowest BCUT2D eigenvalue weighted by Gasteiger charge is -2.40. The van der Waals surface area contributed by atoms with Gasteiger partial charge in [0.1, 0.15) is 0 Å². The quantitative estimate of drug-likeness (QED) is 0.769. The fourth-order valence-corrected chi connectivity index (χ4v) is 2.89. The molecule has 1 amide bonds. The van der Waals surface area contributed by atoms with Crippen molar-refractivity contribution in [2.75, 3.05) is 20.3 Å². The van der Waals surface area contributed by atoms with Crippen molar-refractivity contribution in [3.05, 3.63) is 35.9 Å². The zero-order chi connectivity index (χ0) is 15.1. The van der Waals surface area contributed by atoms with Crippen molar-refractivity contribution in [2.24, 2.45) is 5.41 Å². The molecule has 1 saturated carbocycles. The molecule has 1 fully saturated rings. The van der Waals surface area contributed by atoms with Crippen molar-refractivity contribution in [3.63, 3.8) is 0 Å². The number of rotatable bonds is 8. The van der Waals surface area contributed by atoms with Crippen LogP contribution in [0, 0.1) is 5.41 Å². The molecule has 1 unspecified atom stereocenters. The number of methoxy groups -OCH3 is 1. The summed E-state index contributed by atoms with van der Waals surface area (Å²) >= 11 is 0. The van der Waals surface area contributed by atoms with Crippen LogP contribution in [0.15, 0.2) is 30.3 Å². The van der Waals surface area contributed by atoms with Crippen molar-refractivity contribution in [3.8, 4) is 0 Å². The molecule has 1 aromatic rings. The Morgan fingerprint density at radius 2 is 2.10 bits per heavy atom. The molecule has 0 heterocycles. The van der Waals surface area contributed by atoms with E-state index in [2.05, 4.69) is 17.4 Å². The summed E-state index contributed by atoms with van der Waals surface area (Å²) in [4.78, 5) is 12.5. The van der Waals surface area contributed by atoms with E-state index < -0.39 is 6.10 Å². The number of carbonyl (C=O) groups excluding carboxylic acids is 1. The Balaban J connectivity index is 1.84. The molecule has 0 aliphatic heterocycles. The van der Waals surface area contributed by atoms with Gasteiger partial charge in [0.2, 0.25) is 5.91 Å². The maximum absolute atomic E-state index is 12.5. The number of ether oxygens (including phenoxy) is 1. The number of hydrogen-bond acceptors (Lipinski definition) is 3. The van der Waals surface area contributed by atoms with E-state index in [1.54, 1.807) is 7.11 Å². The second kappa shape index (κ2) is 7.57. The molecule has 1 aliphatic carbocycles. The number of amides is 1. The van der Waals surface area contributed by atoms with Gasteiger partial charge in [0.15, 0.2) is 0 Å². The van der Waals surface area contributed by atoms with E-state index in [-0.39, 0.29) is 11.3 Å². The zero-order valence-electron chi connectivity index (χ0n) is 12.7. The largest absolute Gasteiger partial charge is 0.391 e. The molecule has 116 valence electrons. The second-order valence-corrected chi connectivity index (χ2v) is 5.95. The molecule has 1 atom stereocenters. The van der Waals surface area contributed by atoms with E-state index in [1.165, 1.54) is 5.56 Å². The molecule has 21 heavy (non-hydrogen) atoms. The van der Waals surface area contributed by atoms with E-state index in [0.29, 0.717) is 19.6 Å². The smallest absolute Gasteiger partial charge is 0.226 e. The lowest BCUT2D eigenvalue weighted by atomic mass is 9.64. The van der Waals surface area contributed by atoms with Gasteiger partial charge < -0.3 is 15.2 Å². The summed E-state index contributed by atoms with van der Waals surface area (Å²) in [5.41, 5.74) is 0.972. The van der Waals surface area contributed by atoms with Crippen molar-refractivity contribution >= 4 is 5.91 Å². The van der Waals surface area contributed by atoms with Crippen LogP contribution in [-0.4, -0.2) is 37.4 Å². The van der Waals surface area contributed by atoms with Gasteiger partial charge in [0.25, 0.3) is 0 Å². The van der Waals surface area contributed by atoms with E-state index in [4.69, 9.17) is 4.74 Å². The summed E-state index contributed by atoms with van der Waals surface area (Å²) in [6.07, 6.45) is 3.85. The summed E-state index contributed by atoms with van der Waals surface area (Å²) in [5.74, 6) is 0.127. The van der Waals surface area contributed by atoms with Crippen LogP contribution in [0.4, 0.5) is 0 Å². The highest BCUT2D eigenvalue weighted by molar-refractivity contribution is 5.83. The van der Waals surface area contributed by atoms with Gasteiger partial charge in [-0.2, -0.15) is 0 Å². The summed E-state index contributed by atoms with van der Waals surface area (Å²) in [6.45, 7) is 0.810. The molecule has 2 N–H and O–H groups in total. The van der Waals surface area contributed by atoms with Crippen molar-refractivity contribution in [1.29, 1.82) is 0 Å². The van der Waals surface area contributed by atoms with E-state index in [1.807, 2.05) is 18.2 Å². The predicted octanol–water partition coefficient (Wildman–Crippen LogP) is 1.91. The average molecular weight is 291 g/mol. The Kier molecular flexibility index (Phi) is 5.76. The molecule has 1 aliphatic rings. The highest BCUT2D eigenvalue weighted by Crippen LogP contribution is 2.43. The molecule has 0 radical (unpaired) electrons. The van der Waals surface area contributed by atoms with Gasteiger partial charge in [-0.3, -0.25) is 4.79 Å². The molecule has 0 spiro atoms. The minimum Gasteiger partial charge on any atom is -0.391 e. The Hall–Kier alpha value is -1.39. The van der Waals surface area contributed by atoms with Gasteiger partial charge >= 0.3 is 0 Å². The third kappa shape index (κ3) is 4.29. The summed E-state index contributed by atoms with van der Waals surface area (Å²) < 4.78 is 4.88. The topological polar surface area (TPSA) is 58.6 Å². The Morgan fingerprint density at radius 1 is 1.38 bits per heavy atom. The number of carbonyl (C=O) groups is 1. The van der Waals surface area contributed by atoms with Gasteiger partial charge in [-0.05, 0) is 31.2 Å². The van der Waals surface area contributed by atoms with Crippen LogP contribution in [-0.2, 0) is 16.0 Å². The van der Waals surface area contributed by atoms with E-state index >= 15 is 0 Å². The molecule has 2 rings (SSSR count). The van der Waals surface area contributed by atoms with E-state index in [9.17, 15) is 9.90 Å². The van der Waals surface area contributed by atoms with Gasteiger partial charge in [-0.15, -0.1) is 0 Å². The molecule has 1 aromatic carbocycles. The number of benzene rings is 1. The first-order valence-electron chi connectivity index (χ1n) is 7.65. The van der Waals surface area contributed by atoms with Gasteiger partial charge in [-0.25, -0.2) is 0 Å². The van der Waals surface area contributed by atoms with Crippen molar-refractivity contribution in [2.45, 2.75) is 38.2 Å². The third-order valence-electron chi connectivity index (χ3n) is 4.30. The minimum atomic E-state index is -0.512. The Labute approximate surface area is 126 Å². The van der Waals surface area contributed by atoms with Crippen LogP contribution >= 0.6 is 0 Å². The molecule has 0 saturated heterocycles. The fraction of sp³-hybridized carbons (Fsp3) is 0.588. The first kappa shape index (κ1) is 16.0. The van der Waals surface area contributed by atoms with Gasteiger partial charge in [-0.1, -0.05) is 36.8 Å². The molecule has 0 bridgehead atoms. The van der Waals surface area contributed by atoms with Crippen LogP contribution in [0.3, 0.4) is 0 Å². The van der Waals surface area contributed by atoms with Crippen LogP contribution < -0.4 is 5.32 Å². The van der Waals surface area contributed by atoms with Crippen molar-refractivity contribution < 1.29 is 14.6 Å². The number of aliphatic hydroxyl groups excluding tert-OH is 1. The average Bonchev–Trinajstić information content (AvgIpc) is 2.44. The first-order valence-corrected chi connectivity index (χ1v) is 7.65. The maximum atomic E-state index is 12.5. The molecular weight excluding hydrogens is 266 g/mol. The number of aliphatic hydroxyl groups is 1. The first-order chi connectivity index (χ1) is 10.2. The highest BCUT2D eigenvalue weighted by Gasteiger charge is 2.43. The maximum Gasteiger partial charge on any atom is 0.226 e. The summed E-state index contributed by atoms with van der Waals surface area (Å²) in [7, 11) is 1.56. The zero-order valence-corrected chi connectivity index (χ0v) is 12.7. The second-order valence-electron chi connectivity index (χ2n) is 5.95. The fourth-order valence-electron chi connectivity index (χ4n) is 2.89. The van der Waals surface area contributed by atoms with Crippen LogP contribution in [0.2, 0.25) is 0 Å². The lowest BCUT2D eigenvalue weighted by Crippen LogP contribution is -2.47. The monoisotopic (exact) mass is 291 g/mol. The summed E-state index contributed by atoms with van der Waals surface area (Å²) in [5, 5.41) is 12.6. The SMILES string of the molecule is COCC(O)CCNC(=O)C1(Cc2ccccc2)CCC1. The third-order valence-corrected chi connectivity index (χ3v) is 4.30. The predicted molar refractivity (Wildman–Crippen MR) is 81.9 cm³/mol. The van der Waals surface area contributed by atoms with Crippen LogP contribution in [0.1, 0.15) is 31.2 Å². The molecule has 0 aromatic heterocycles. The number of hydrogen-bond donors (Lipinski definition) is 2. The van der Waals surface area contributed by atoms with E-state index in [0.717, 1.165) is 25.7 Å². The minimum absolute atomic E-state index is 0.127. The standard InChI is InChI=1S/C17H25NO3/c1-21-13-15(19)8-11-18-16(20)17(9-5-10-17)12-14-6-3-2-4-7-14/h2-4,6-7,15,19H,5,8-13H2,1H3,(H,18,20). The molecule has 4 heteroatoms. The Bertz CT molecular complexity index is 443. The molecule has 4 nitrogen and oxygen atoms in total. The number of nitrogens with one attached hydrogen (secondary N) is 1. The van der Waals surface area contributed by atoms with Gasteiger partial charge in [0.05, 0.1) is 18.1 Å². The highest BCUT2D eigenvalue weighted by atomic mass is 16.5. The molecular formula is C17H25NO3. The Morgan fingerprint density at radius 3 is 2.67 bits per heavy atom. The van der Waals surface area contributed by atoms with Crippen molar-refractivity contribution in [1.82, 2.24) is 5.32 Å². The van der Waals surface area contributed by atoms with Crippen LogP contribution in [0.25, 0.3) is 0 Å². The normalized spacial score (nSPS) is 17.8.